The molecule has 2 aliphatic rings. The Hall–Kier alpha value is -3.68. The number of carboxylic acids is 1. The Balaban J connectivity index is 1.40. The van der Waals surface area contributed by atoms with Crippen molar-refractivity contribution in [2.24, 2.45) is 0 Å². The fraction of sp³-hybridized carbons (Fsp3) is 0.310. The van der Waals surface area contributed by atoms with Gasteiger partial charge in [0.15, 0.2) is 6.10 Å². The van der Waals surface area contributed by atoms with Crippen LogP contribution in [0.4, 0.5) is 0 Å². The van der Waals surface area contributed by atoms with E-state index < -0.39 is 30.1 Å². The largest absolute Gasteiger partial charge is 0.489 e. The molecule has 0 bridgehead atoms. The summed E-state index contributed by atoms with van der Waals surface area (Å²) in [4.78, 5) is 27.6. The van der Waals surface area contributed by atoms with Crippen molar-refractivity contribution in [3.8, 4) is 5.75 Å². The SMILES string of the molecule is O=C(O)[C@@H]1Cc2c(cccc2OCc2ccccc2)CN1C(=O)[C@H](OC1CC(O)C1)c1ccccc1. The standard InChI is InChI=1S/C29H29NO6/c31-22-14-23(15-22)36-27(20-10-5-2-6-11-20)28(32)30-17-21-12-7-13-26(24(21)16-25(30)29(33)34)35-18-19-8-3-1-4-9-19/h1-13,22-23,25,27,31H,14-18H2,(H,33,34)/t22?,23?,25-,27+/m0/s1. The Morgan fingerprint density at radius 1 is 0.944 bits per heavy atom. The van der Waals surface area contributed by atoms with Gasteiger partial charge in [-0.3, -0.25) is 4.79 Å². The number of fused-ring (bicyclic) bond motifs is 1. The zero-order valence-corrected chi connectivity index (χ0v) is 19.8. The molecular weight excluding hydrogens is 458 g/mol. The zero-order valence-electron chi connectivity index (χ0n) is 19.8. The van der Waals surface area contributed by atoms with Crippen molar-refractivity contribution >= 4 is 11.9 Å². The van der Waals surface area contributed by atoms with Crippen molar-refractivity contribution in [2.75, 3.05) is 0 Å². The smallest absolute Gasteiger partial charge is 0.326 e. The maximum atomic E-state index is 13.8. The van der Waals surface area contributed by atoms with E-state index in [2.05, 4.69) is 0 Å². The van der Waals surface area contributed by atoms with Crippen molar-refractivity contribution < 1.29 is 29.3 Å². The Bertz CT molecular complexity index is 1210. The van der Waals surface area contributed by atoms with Crippen LogP contribution in [0, 0.1) is 0 Å². The van der Waals surface area contributed by atoms with Gasteiger partial charge in [0.25, 0.3) is 5.91 Å². The second-order valence-corrected chi connectivity index (χ2v) is 9.37. The quantitative estimate of drug-likeness (QED) is 0.501. The van der Waals surface area contributed by atoms with Crippen LogP contribution in [0.3, 0.4) is 0 Å². The number of rotatable bonds is 8. The van der Waals surface area contributed by atoms with Crippen LogP contribution in [0.25, 0.3) is 0 Å². The third-order valence-corrected chi connectivity index (χ3v) is 6.87. The number of aliphatic hydroxyl groups is 1. The van der Waals surface area contributed by atoms with E-state index in [4.69, 9.17) is 9.47 Å². The van der Waals surface area contributed by atoms with Crippen LogP contribution in [-0.2, 0) is 33.9 Å². The van der Waals surface area contributed by atoms with E-state index in [-0.39, 0.29) is 19.1 Å². The minimum absolute atomic E-state index is 0.144. The van der Waals surface area contributed by atoms with Gasteiger partial charge in [-0.25, -0.2) is 4.79 Å². The maximum absolute atomic E-state index is 13.8. The Morgan fingerprint density at radius 3 is 2.31 bits per heavy atom. The molecule has 0 aromatic heterocycles. The highest BCUT2D eigenvalue weighted by molar-refractivity contribution is 5.88. The first kappa shape index (κ1) is 24.0. The number of carbonyl (C=O) groups is 2. The predicted molar refractivity (Wildman–Crippen MR) is 132 cm³/mol. The van der Waals surface area contributed by atoms with Crippen molar-refractivity contribution in [1.29, 1.82) is 0 Å². The van der Waals surface area contributed by atoms with Gasteiger partial charge in [-0.05, 0) is 35.6 Å². The molecule has 36 heavy (non-hydrogen) atoms. The third-order valence-electron chi connectivity index (χ3n) is 6.87. The average molecular weight is 488 g/mol. The van der Waals surface area contributed by atoms with Gasteiger partial charge < -0.3 is 24.6 Å². The van der Waals surface area contributed by atoms with E-state index in [1.54, 1.807) is 12.1 Å². The number of ether oxygens (including phenoxy) is 2. The number of benzene rings is 3. The van der Waals surface area contributed by atoms with Crippen LogP contribution in [0.5, 0.6) is 5.75 Å². The lowest BCUT2D eigenvalue weighted by Gasteiger charge is -2.39. The predicted octanol–water partition coefficient (Wildman–Crippen LogP) is 3.88. The van der Waals surface area contributed by atoms with E-state index in [9.17, 15) is 19.8 Å². The molecule has 0 unspecified atom stereocenters. The van der Waals surface area contributed by atoms with Gasteiger partial charge in [0.05, 0.1) is 12.2 Å². The van der Waals surface area contributed by atoms with Gasteiger partial charge in [0, 0.05) is 18.5 Å². The zero-order chi connectivity index (χ0) is 25.1. The second-order valence-electron chi connectivity index (χ2n) is 9.37. The molecule has 1 saturated carbocycles. The molecule has 2 atom stereocenters. The lowest BCUT2D eigenvalue weighted by atomic mass is 9.90. The summed E-state index contributed by atoms with van der Waals surface area (Å²) < 4.78 is 12.2. The second kappa shape index (κ2) is 10.5. The van der Waals surface area contributed by atoms with E-state index >= 15 is 0 Å². The monoisotopic (exact) mass is 487 g/mol. The molecule has 0 spiro atoms. The van der Waals surface area contributed by atoms with Gasteiger partial charge >= 0.3 is 5.97 Å². The van der Waals surface area contributed by atoms with Crippen LogP contribution < -0.4 is 4.74 Å². The lowest BCUT2D eigenvalue weighted by molar-refractivity contribution is -0.167. The summed E-state index contributed by atoms with van der Waals surface area (Å²) in [5.74, 6) is -0.831. The number of aliphatic carboxylic acids is 1. The molecule has 1 amide bonds. The first-order chi connectivity index (χ1) is 17.5. The van der Waals surface area contributed by atoms with E-state index in [1.807, 2.05) is 66.7 Å². The van der Waals surface area contributed by atoms with Crippen molar-refractivity contribution in [1.82, 2.24) is 4.90 Å². The summed E-state index contributed by atoms with van der Waals surface area (Å²) in [5.41, 5.74) is 3.35. The summed E-state index contributed by atoms with van der Waals surface area (Å²) in [5, 5.41) is 19.8. The van der Waals surface area contributed by atoms with Crippen LogP contribution >= 0.6 is 0 Å². The molecule has 1 heterocycles. The van der Waals surface area contributed by atoms with E-state index in [0.29, 0.717) is 30.8 Å². The Labute approximate surface area is 209 Å². The fourth-order valence-electron chi connectivity index (χ4n) is 4.81. The number of nitrogens with zero attached hydrogens (tertiary/aromatic N) is 1. The molecule has 7 nitrogen and oxygen atoms in total. The third kappa shape index (κ3) is 5.12. The topological polar surface area (TPSA) is 96.3 Å². The molecule has 5 rings (SSSR count). The lowest BCUT2D eigenvalue weighted by Crippen LogP contribution is -2.51. The first-order valence-electron chi connectivity index (χ1n) is 12.2. The molecule has 1 aliphatic carbocycles. The number of carboxylic acid groups (broad SMARTS) is 1. The molecule has 7 heteroatoms. The molecule has 0 radical (unpaired) electrons. The van der Waals surface area contributed by atoms with Crippen LogP contribution in [0.15, 0.2) is 78.9 Å². The molecule has 1 fully saturated rings. The summed E-state index contributed by atoms with van der Waals surface area (Å²) in [6.07, 6.45) is -0.541. The first-order valence-corrected chi connectivity index (χ1v) is 12.2. The molecule has 0 saturated heterocycles. The van der Waals surface area contributed by atoms with Gasteiger partial charge in [-0.1, -0.05) is 72.8 Å². The Morgan fingerprint density at radius 2 is 1.64 bits per heavy atom. The summed E-state index contributed by atoms with van der Waals surface area (Å²) >= 11 is 0. The highest BCUT2D eigenvalue weighted by Crippen LogP contribution is 2.36. The van der Waals surface area contributed by atoms with Gasteiger partial charge in [0.1, 0.15) is 18.4 Å². The minimum Gasteiger partial charge on any atom is -0.489 e. The number of aliphatic hydroxyl groups excluding tert-OH is 1. The van der Waals surface area contributed by atoms with Crippen LogP contribution in [0.2, 0.25) is 0 Å². The van der Waals surface area contributed by atoms with Crippen molar-refractivity contribution in [3.05, 3.63) is 101 Å². The van der Waals surface area contributed by atoms with Gasteiger partial charge in [0.2, 0.25) is 0 Å². The highest BCUT2D eigenvalue weighted by Gasteiger charge is 2.41. The van der Waals surface area contributed by atoms with Crippen LogP contribution in [0.1, 0.15) is 41.2 Å². The summed E-state index contributed by atoms with van der Waals surface area (Å²) in [6.45, 7) is 0.516. The Kier molecular flexibility index (Phi) is 7.02. The van der Waals surface area contributed by atoms with E-state index in [1.165, 1.54) is 4.90 Å². The maximum Gasteiger partial charge on any atom is 0.326 e. The highest BCUT2D eigenvalue weighted by atomic mass is 16.5. The number of carbonyl (C=O) groups excluding carboxylic acids is 1. The normalized spacial score (nSPS) is 21.7. The molecule has 3 aromatic rings. The van der Waals surface area contributed by atoms with Gasteiger partial charge in [-0.15, -0.1) is 0 Å². The molecule has 1 aliphatic heterocycles. The minimum atomic E-state index is -1.07. The summed E-state index contributed by atoms with van der Waals surface area (Å²) in [6, 6.07) is 23.5. The van der Waals surface area contributed by atoms with E-state index in [0.717, 1.165) is 16.7 Å². The van der Waals surface area contributed by atoms with Crippen molar-refractivity contribution in [3.63, 3.8) is 0 Å². The molecule has 186 valence electrons. The van der Waals surface area contributed by atoms with Gasteiger partial charge in [-0.2, -0.15) is 0 Å². The molecule has 3 aromatic carbocycles. The average Bonchev–Trinajstić information content (AvgIpc) is 2.89. The summed E-state index contributed by atoms with van der Waals surface area (Å²) in [7, 11) is 0. The van der Waals surface area contributed by atoms with Crippen molar-refractivity contribution in [2.45, 2.75) is 56.8 Å². The number of hydrogen-bond acceptors (Lipinski definition) is 5. The molecular formula is C29H29NO6. The van der Waals surface area contributed by atoms with Crippen LogP contribution in [-0.4, -0.2) is 45.2 Å². The number of amides is 1. The number of hydrogen-bond donors (Lipinski definition) is 2. The molecule has 2 N–H and O–H groups in total. The fourth-order valence-corrected chi connectivity index (χ4v) is 4.81.